The Kier molecular flexibility index (Phi) is 7.42. The first kappa shape index (κ1) is 24.3. The Hall–Kier alpha value is -5.36. The summed E-state index contributed by atoms with van der Waals surface area (Å²) < 4.78 is 12.0. The molecule has 6 nitrogen and oxygen atoms in total. The van der Waals surface area contributed by atoms with E-state index in [-0.39, 0.29) is 11.6 Å². The van der Waals surface area contributed by atoms with Crippen LogP contribution in [0.25, 0.3) is 0 Å². The van der Waals surface area contributed by atoms with E-state index >= 15 is 0 Å². The minimum absolute atomic E-state index is 0.0323. The number of hydrogen-bond acceptors (Lipinski definition) is 6. The van der Waals surface area contributed by atoms with E-state index in [1.807, 2.05) is 84.9 Å². The minimum atomic E-state index is -0.0323. The monoisotopic (exact) mass is 500 g/mol. The summed E-state index contributed by atoms with van der Waals surface area (Å²) in [6, 6.07) is 22.3. The van der Waals surface area contributed by atoms with E-state index in [0.29, 0.717) is 34.1 Å². The lowest BCUT2D eigenvalue weighted by Gasteiger charge is -2.11. The van der Waals surface area contributed by atoms with Crippen LogP contribution in [0.15, 0.2) is 145 Å². The van der Waals surface area contributed by atoms with Crippen molar-refractivity contribution in [3.63, 3.8) is 0 Å². The van der Waals surface area contributed by atoms with Gasteiger partial charge < -0.3 is 20.1 Å². The Morgan fingerprint density at radius 1 is 0.500 bits per heavy atom. The van der Waals surface area contributed by atoms with Gasteiger partial charge in [-0.1, -0.05) is 30.4 Å². The maximum atomic E-state index is 11.8. The Bertz CT molecular complexity index is 1410. The average molecular weight is 501 g/mol. The van der Waals surface area contributed by atoms with Gasteiger partial charge in [0, 0.05) is 41.0 Å². The summed E-state index contributed by atoms with van der Waals surface area (Å²) in [4.78, 5) is 23.7. The first-order valence-electron chi connectivity index (χ1n) is 12.0. The highest BCUT2D eigenvalue weighted by Crippen LogP contribution is 2.29. The fraction of sp³-hybridized carbons (Fsp3) is 0. The number of rotatable bonds is 8. The van der Waals surface area contributed by atoms with E-state index in [9.17, 15) is 9.59 Å². The molecule has 2 aliphatic carbocycles. The van der Waals surface area contributed by atoms with Crippen LogP contribution in [-0.4, -0.2) is 11.6 Å². The number of ketones is 2. The molecule has 0 spiro atoms. The van der Waals surface area contributed by atoms with Crippen molar-refractivity contribution in [3.05, 3.63) is 145 Å². The molecule has 0 heterocycles. The number of carbonyl (C=O) groups is 2. The molecule has 0 atom stereocenters. The van der Waals surface area contributed by atoms with E-state index in [1.54, 1.807) is 36.7 Å². The lowest BCUT2D eigenvalue weighted by molar-refractivity contribution is -0.111. The first-order chi connectivity index (χ1) is 18.6. The number of allylic oxidation sites excluding steroid dienone is 10. The van der Waals surface area contributed by atoms with E-state index < -0.39 is 0 Å². The normalized spacial score (nSPS) is 16.2. The van der Waals surface area contributed by atoms with Gasteiger partial charge in [0.25, 0.3) is 0 Å². The molecule has 5 rings (SSSR count). The summed E-state index contributed by atoms with van der Waals surface area (Å²) >= 11 is 0. The zero-order valence-corrected chi connectivity index (χ0v) is 20.3. The number of benzene rings is 3. The van der Waals surface area contributed by atoms with Crippen molar-refractivity contribution in [1.82, 2.24) is 0 Å². The second kappa shape index (κ2) is 11.6. The van der Waals surface area contributed by atoms with Crippen LogP contribution in [0, 0.1) is 0 Å². The van der Waals surface area contributed by atoms with E-state index in [2.05, 4.69) is 10.6 Å². The molecule has 2 N–H and O–H groups in total. The molecule has 0 saturated heterocycles. The highest BCUT2D eigenvalue weighted by atomic mass is 16.5. The van der Waals surface area contributed by atoms with Crippen LogP contribution in [0.5, 0.6) is 23.0 Å². The quantitative estimate of drug-likeness (QED) is 0.317. The van der Waals surface area contributed by atoms with Gasteiger partial charge in [0.05, 0.1) is 0 Å². The van der Waals surface area contributed by atoms with E-state index in [1.165, 1.54) is 12.2 Å². The number of carbonyl (C=O) groups excluding carboxylic acids is 2. The number of anilines is 2. The third-order valence-corrected chi connectivity index (χ3v) is 5.61. The van der Waals surface area contributed by atoms with Crippen molar-refractivity contribution in [2.45, 2.75) is 0 Å². The molecule has 0 bridgehead atoms. The van der Waals surface area contributed by atoms with Gasteiger partial charge in [-0.2, -0.15) is 0 Å². The molecule has 0 radical (unpaired) electrons. The van der Waals surface area contributed by atoms with Gasteiger partial charge in [-0.3, -0.25) is 9.59 Å². The van der Waals surface area contributed by atoms with Crippen LogP contribution in [0.1, 0.15) is 0 Å². The number of hydrogen-bond donors (Lipinski definition) is 2. The zero-order chi connectivity index (χ0) is 26.2. The van der Waals surface area contributed by atoms with Crippen LogP contribution in [0.3, 0.4) is 0 Å². The molecular formula is C32H24N2O4. The van der Waals surface area contributed by atoms with Gasteiger partial charge in [-0.15, -0.1) is 0 Å². The predicted molar refractivity (Wildman–Crippen MR) is 149 cm³/mol. The molecule has 6 heteroatoms. The molecule has 0 saturated carbocycles. The van der Waals surface area contributed by atoms with Gasteiger partial charge in [-0.05, 0) is 85.0 Å². The molecule has 0 aromatic heterocycles. The van der Waals surface area contributed by atoms with Gasteiger partial charge in [0.1, 0.15) is 23.0 Å². The Morgan fingerprint density at radius 2 is 0.921 bits per heavy atom. The molecule has 186 valence electrons. The Balaban J connectivity index is 1.16. The van der Waals surface area contributed by atoms with Gasteiger partial charge >= 0.3 is 0 Å². The summed E-state index contributed by atoms with van der Waals surface area (Å²) in [5.74, 6) is 2.55. The molecule has 3 aromatic rings. The third-order valence-electron chi connectivity index (χ3n) is 5.61. The van der Waals surface area contributed by atoms with Crippen molar-refractivity contribution in [3.8, 4) is 23.0 Å². The Morgan fingerprint density at radius 3 is 1.34 bits per heavy atom. The molecule has 38 heavy (non-hydrogen) atoms. The summed E-state index contributed by atoms with van der Waals surface area (Å²) in [7, 11) is 0. The standard InChI is InChI=1S/C32H24N2O4/c35-31-10-3-1-6-23(31)21-33-25-12-16-27(17-13-25)37-29-8-5-9-30(20-29)38-28-18-14-26(15-19-28)34-22-24-7-2-4-11-32(24)36/h1-22,33-34H/b23-21-,24-22-. The summed E-state index contributed by atoms with van der Waals surface area (Å²) in [5, 5.41) is 6.26. The van der Waals surface area contributed by atoms with Crippen molar-refractivity contribution in [2.24, 2.45) is 0 Å². The van der Waals surface area contributed by atoms with Crippen LogP contribution in [0.4, 0.5) is 11.4 Å². The fourth-order valence-corrected chi connectivity index (χ4v) is 3.63. The van der Waals surface area contributed by atoms with E-state index in [0.717, 1.165) is 11.4 Å². The van der Waals surface area contributed by atoms with Gasteiger partial charge in [-0.25, -0.2) is 0 Å². The first-order valence-corrected chi connectivity index (χ1v) is 12.0. The molecule has 2 aliphatic rings. The fourth-order valence-electron chi connectivity index (χ4n) is 3.63. The van der Waals surface area contributed by atoms with Crippen LogP contribution in [0.2, 0.25) is 0 Å². The summed E-state index contributed by atoms with van der Waals surface area (Å²) in [5.41, 5.74) is 2.87. The lowest BCUT2D eigenvalue weighted by Crippen LogP contribution is -2.01. The maximum Gasteiger partial charge on any atom is 0.187 e. The van der Waals surface area contributed by atoms with E-state index in [4.69, 9.17) is 9.47 Å². The smallest absolute Gasteiger partial charge is 0.187 e. The second-order valence-corrected chi connectivity index (χ2v) is 8.38. The molecular weight excluding hydrogens is 476 g/mol. The molecule has 0 unspecified atom stereocenters. The lowest BCUT2D eigenvalue weighted by atomic mass is 10.1. The van der Waals surface area contributed by atoms with Gasteiger partial charge in [0.15, 0.2) is 11.6 Å². The highest BCUT2D eigenvalue weighted by Gasteiger charge is 2.07. The predicted octanol–water partition coefficient (Wildman–Crippen LogP) is 7.25. The van der Waals surface area contributed by atoms with Crippen molar-refractivity contribution in [1.29, 1.82) is 0 Å². The topological polar surface area (TPSA) is 76.7 Å². The van der Waals surface area contributed by atoms with Crippen molar-refractivity contribution in [2.75, 3.05) is 10.6 Å². The van der Waals surface area contributed by atoms with Gasteiger partial charge in [0.2, 0.25) is 0 Å². The van der Waals surface area contributed by atoms with Crippen LogP contribution < -0.4 is 20.1 Å². The highest BCUT2D eigenvalue weighted by molar-refractivity contribution is 6.08. The average Bonchev–Trinajstić information content (AvgIpc) is 2.94. The molecule has 3 aromatic carbocycles. The largest absolute Gasteiger partial charge is 0.457 e. The molecule has 0 fully saturated rings. The zero-order valence-electron chi connectivity index (χ0n) is 20.3. The third kappa shape index (κ3) is 6.44. The molecule has 0 amide bonds. The van der Waals surface area contributed by atoms with Crippen molar-refractivity contribution < 1.29 is 19.1 Å². The summed E-state index contributed by atoms with van der Waals surface area (Å²) in [6.07, 6.45) is 17.1. The number of ether oxygens (including phenoxy) is 2. The van der Waals surface area contributed by atoms with Crippen LogP contribution in [-0.2, 0) is 9.59 Å². The SMILES string of the molecule is O=C1C=CC=C/C1=C/Nc1ccc(Oc2cccc(Oc3ccc(N/C=C4/C=CC=CC4=O)cc3)c2)cc1. The maximum absolute atomic E-state index is 11.8. The Labute approximate surface area is 220 Å². The molecule has 0 aliphatic heterocycles. The van der Waals surface area contributed by atoms with Crippen molar-refractivity contribution >= 4 is 22.9 Å². The van der Waals surface area contributed by atoms with Crippen LogP contribution >= 0.6 is 0 Å². The minimum Gasteiger partial charge on any atom is -0.457 e. The second-order valence-electron chi connectivity index (χ2n) is 8.38. The summed E-state index contributed by atoms with van der Waals surface area (Å²) in [6.45, 7) is 0. The number of nitrogens with one attached hydrogen (secondary N) is 2.